The van der Waals surface area contributed by atoms with Crippen LogP contribution in [0.2, 0.25) is 0 Å². The lowest BCUT2D eigenvalue weighted by Gasteiger charge is -2.04. The van der Waals surface area contributed by atoms with E-state index in [0.29, 0.717) is 0 Å². The Morgan fingerprint density at radius 1 is 1.50 bits per heavy atom. The van der Waals surface area contributed by atoms with Gasteiger partial charge < -0.3 is 0 Å². The quantitative estimate of drug-likeness (QED) is 0.762. The number of alkyl halides is 3. The third kappa shape index (κ3) is 1.88. The lowest BCUT2D eigenvalue weighted by atomic mass is 10.2. The largest absolute Gasteiger partial charge is 0.281 e. The summed E-state index contributed by atoms with van der Waals surface area (Å²) in [6.07, 6.45) is -1.44. The van der Waals surface area contributed by atoms with Crippen LogP contribution in [0.5, 0.6) is 0 Å². The van der Waals surface area contributed by atoms with Crippen LogP contribution in [0.25, 0.3) is 0 Å². The fourth-order valence-corrected chi connectivity index (χ4v) is 1.46. The van der Waals surface area contributed by atoms with Crippen LogP contribution >= 0.6 is 22.6 Å². The lowest BCUT2D eigenvalue weighted by molar-refractivity contribution is 0.145. The zero-order valence-electron chi connectivity index (χ0n) is 5.90. The molecule has 0 unspecified atom stereocenters. The van der Waals surface area contributed by atoms with Gasteiger partial charge in [-0.1, -0.05) is 0 Å². The van der Waals surface area contributed by atoms with E-state index >= 15 is 0 Å². The number of halogens is 4. The van der Waals surface area contributed by atoms with Gasteiger partial charge >= 0.3 is 0 Å². The van der Waals surface area contributed by atoms with Crippen LogP contribution in [0, 0.1) is 3.57 Å². The fourth-order valence-electron chi connectivity index (χ4n) is 0.757. The molecule has 0 aliphatic carbocycles. The number of pyridine rings is 1. The highest BCUT2D eigenvalue weighted by Gasteiger charge is 2.15. The van der Waals surface area contributed by atoms with Gasteiger partial charge in [-0.2, -0.15) is 0 Å². The highest BCUT2D eigenvalue weighted by molar-refractivity contribution is 14.1. The Morgan fingerprint density at radius 3 is 2.67 bits per heavy atom. The molecule has 1 aromatic heterocycles. The Morgan fingerprint density at radius 2 is 2.17 bits per heavy atom. The Labute approximate surface area is 81.1 Å². The number of hydrogen-bond acceptors (Lipinski definition) is 1. The molecule has 0 bridgehead atoms. The van der Waals surface area contributed by atoms with Crippen molar-refractivity contribution < 1.29 is 13.2 Å². The van der Waals surface area contributed by atoms with Gasteiger partial charge in [-0.05, 0) is 34.2 Å². The Bertz CT molecular complexity index is 277. The average Bonchev–Trinajstić information content (AvgIpc) is 2.04. The molecule has 12 heavy (non-hydrogen) atoms. The molecule has 0 aliphatic heterocycles. The summed E-state index contributed by atoms with van der Waals surface area (Å²) in [5.41, 5.74) is -0.0772. The van der Waals surface area contributed by atoms with Gasteiger partial charge in [0.1, 0.15) is 12.4 Å². The molecule has 5 heteroatoms. The summed E-state index contributed by atoms with van der Waals surface area (Å²) in [5.74, 6) is 0. The maximum absolute atomic E-state index is 12.2. The number of rotatable bonds is 2. The molecule has 0 saturated carbocycles. The summed E-state index contributed by atoms with van der Waals surface area (Å²) >= 11 is 1.67. The molecule has 1 rings (SSSR count). The average molecular weight is 287 g/mol. The molecule has 0 aliphatic rings. The van der Waals surface area contributed by atoms with E-state index in [0.717, 1.165) is 0 Å². The maximum Gasteiger partial charge on any atom is 0.281 e. The summed E-state index contributed by atoms with van der Waals surface area (Å²) in [6, 6.07) is 1.40. The predicted octanol–water partition coefficient (Wildman–Crippen LogP) is 3.09. The van der Waals surface area contributed by atoms with Gasteiger partial charge in [0, 0.05) is 9.77 Å². The molecule has 0 fully saturated rings. The molecule has 0 atom stereocenters. The minimum Gasteiger partial charge on any atom is -0.254 e. The van der Waals surface area contributed by atoms with Crippen LogP contribution in [-0.4, -0.2) is 4.98 Å². The van der Waals surface area contributed by atoms with Crippen molar-refractivity contribution in [3.8, 4) is 0 Å². The molecule has 1 heterocycles. The van der Waals surface area contributed by atoms with Crippen molar-refractivity contribution in [2.75, 3.05) is 0 Å². The summed E-state index contributed by atoms with van der Waals surface area (Å²) < 4.78 is 36.7. The molecule has 0 spiro atoms. The summed E-state index contributed by atoms with van der Waals surface area (Å²) in [7, 11) is 0. The molecular formula is C7H5F3IN. The molecule has 0 radical (unpaired) electrons. The van der Waals surface area contributed by atoms with Crippen molar-refractivity contribution in [2.45, 2.75) is 13.1 Å². The SMILES string of the molecule is FCc1ccnc(C(F)F)c1I. The van der Waals surface area contributed by atoms with Crippen molar-refractivity contribution in [3.05, 3.63) is 27.1 Å². The lowest BCUT2D eigenvalue weighted by Crippen LogP contribution is -1.97. The van der Waals surface area contributed by atoms with E-state index in [1.54, 1.807) is 22.6 Å². The summed E-state index contributed by atoms with van der Waals surface area (Å²) in [6.45, 7) is -0.736. The minimum absolute atomic E-state index is 0.215. The van der Waals surface area contributed by atoms with E-state index in [9.17, 15) is 13.2 Å². The summed E-state index contributed by atoms with van der Waals surface area (Å²) in [4.78, 5) is 3.46. The van der Waals surface area contributed by atoms with E-state index in [-0.39, 0.29) is 14.8 Å². The first-order chi connectivity index (χ1) is 5.66. The molecule has 66 valence electrons. The normalized spacial score (nSPS) is 10.8. The van der Waals surface area contributed by atoms with Gasteiger partial charge in [0.2, 0.25) is 0 Å². The highest BCUT2D eigenvalue weighted by Crippen LogP contribution is 2.24. The van der Waals surface area contributed by atoms with Crippen LogP contribution in [0.1, 0.15) is 17.7 Å². The molecule has 0 aromatic carbocycles. The minimum atomic E-state index is -2.64. The van der Waals surface area contributed by atoms with Crippen molar-refractivity contribution in [2.24, 2.45) is 0 Å². The van der Waals surface area contributed by atoms with E-state index < -0.39 is 13.1 Å². The predicted molar refractivity (Wildman–Crippen MR) is 46.7 cm³/mol. The first-order valence-electron chi connectivity index (χ1n) is 3.14. The van der Waals surface area contributed by atoms with Crippen LogP contribution < -0.4 is 0 Å². The number of nitrogens with zero attached hydrogens (tertiary/aromatic N) is 1. The van der Waals surface area contributed by atoms with Gasteiger partial charge in [0.25, 0.3) is 6.43 Å². The second kappa shape index (κ2) is 4.06. The fraction of sp³-hybridized carbons (Fsp3) is 0.286. The van der Waals surface area contributed by atoms with Crippen LogP contribution in [0.4, 0.5) is 13.2 Å². The van der Waals surface area contributed by atoms with Crippen LogP contribution in [0.15, 0.2) is 12.3 Å². The first-order valence-corrected chi connectivity index (χ1v) is 4.22. The topological polar surface area (TPSA) is 12.9 Å². The van der Waals surface area contributed by atoms with E-state index in [2.05, 4.69) is 4.98 Å². The molecular weight excluding hydrogens is 282 g/mol. The molecule has 0 saturated heterocycles. The van der Waals surface area contributed by atoms with Crippen LogP contribution in [-0.2, 0) is 6.67 Å². The molecule has 1 aromatic rings. The molecule has 0 N–H and O–H groups in total. The van der Waals surface area contributed by atoms with Gasteiger partial charge in [0.05, 0.1) is 0 Å². The number of aromatic nitrogens is 1. The second-order valence-corrected chi connectivity index (χ2v) is 3.18. The monoisotopic (exact) mass is 287 g/mol. The smallest absolute Gasteiger partial charge is 0.254 e. The zero-order valence-corrected chi connectivity index (χ0v) is 8.06. The van der Waals surface area contributed by atoms with Crippen molar-refractivity contribution in [3.63, 3.8) is 0 Å². The number of hydrogen-bond donors (Lipinski definition) is 0. The highest BCUT2D eigenvalue weighted by atomic mass is 127. The van der Waals surface area contributed by atoms with E-state index in [1.165, 1.54) is 12.3 Å². The van der Waals surface area contributed by atoms with Crippen molar-refractivity contribution in [1.82, 2.24) is 4.98 Å². The third-order valence-electron chi connectivity index (χ3n) is 1.35. The molecule has 1 nitrogen and oxygen atoms in total. The Balaban J connectivity index is 3.14. The first kappa shape index (κ1) is 9.76. The van der Waals surface area contributed by atoms with Gasteiger partial charge in [-0.15, -0.1) is 0 Å². The van der Waals surface area contributed by atoms with Gasteiger partial charge in [0.15, 0.2) is 0 Å². The maximum atomic E-state index is 12.2. The summed E-state index contributed by atoms with van der Waals surface area (Å²) in [5, 5.41) is 0. The second-order valence-electron chi connectivity index (χ2n) is 2.10. The van der Waals surface area contributed by atoms with E-state index in [1.807, 2.05) is 0 Å². The Kier molecular flexibility index (Phi) is 3.30. The molecule has 0 amide bonds. The van der Waals surface area contributed by atoms with Crippen LogP contribution in [0.3, 0.4) is 0 Å². The van der Waals surface area contributed by atoms with Crippen molar-refractivity contribution >= 4 is 22.6 Å². The zero-order chi connectivity index (χ0) is 9.14. The third-order valence-corrected chi connectivity index (χ3v) is 2.59. The van der Waals surface area contributed by atoms with Crippen molar-refractivity contribution in [1.29, 1.82) is 0 Å². The van der Waals surface area contributed by atoms with Gasteiger partial charge in [-0.25, -0.2) is 13.2 Å². The standard InChI is InChI=1S/C7H5F3IN/c8-3-4-1-2-12-6(5(4)11)7(9)10/h1-2,7H,3H2. The van der Waals surface area contributed by atoms with E-state index in [4.69, 9.17) is 0 Å². The Hall–Kier alpha value is -0.330. The van der Waals surface area contributed by atoms with Gasteiger partial charge in [-0.3, -0.25) is 4.98 Å².